The van der Waals surface area contributed by atoms with Crippen molar-refractivity contribution in [3.05, 3.63) is 47.5 Å². The molecule has 0 spiro atoms. The van der Waals surface area contributed by atoms with Crippen LogP contribution in [-0.4, -0.2) is 33.2 Å². The van der Waals surface area contributed by atoms with Gasteiger partial charge < -0.3 is 14.2 Å². The van der Waals surface area contributed by atoms with Gasteiger partial charge in [0.1, 0.15) is 5.75 Å². The van der Waals surface area contributed by atoms with Gasteiger partial charge in [-0.25, -0.2) is 8.42 Å². The van der Waals surface area contributed by atoms with E-state index in [-0.39, 0.29) is 11.7 Å². The number of nitrogens with zero attached hydrogens (tertiary/aromatic N) is 1. The highest BCUT2D eigenvalue weighted by Crippen LogP contribution is 2.37. The molecular formula is C17H17NO5S. The first kappa shape index (κ1) is 15.3. The number of benzene rings is 2. The summed E-state index contributed by atoms with van der Waals surface area (Å²) in [7, 11) is -1.99. The third-order valence-electron chi connectivity index (χ3n) is 4.37. The molecule has 0 fully saturated rings. The predicted octanol–water partition coefficient (Wildman–Crippen LogP) is 2.17. The molecule has 24 heavy (non-hydrogen) atoms. The Kier molecular flexibility index (Phi) is 3.62. The molecule has 0 aliphatic carbocycles. The van der Waals surface area contributed by atoms with Gasteiger partial charge >= 0.3 is 0 Å². The van der Waals surface area contributed by atoms with Crippen molar-refractivity contribution in [2.45, 2.75) is 17.9 Å². The summed E-state index contributed by atoms with van der Waals surface area (Å²) >= 11 is 0. The lowest BCUT2D eigenvalue weighted by atomic mass is 10.0. The summed E-state index contributed by atoms with van der Waals surface area (Å²) in [6.07, 6.45) is 0.654. The first-order valence-electron chi connectivity index (χ1n) is 7.63. The zero-order valence-electron chi connectivity index (χ0n) is 13.2. The van der Waals surface area contributed by atoms with Gasteiger partial charge in [-0.05, 0) is 53.9 Å². The van der Waals surface area contributed by atoms with Crippen LogP contribution in [0.1, 0.15) is 11.1 Å². The Hall–Kier alpha value is -2.25. The van der Waals surface area contributed by atoms with Crippen LogP contribution in [0.2, 0.25) is 0 Å². The number of ether oxygens (including phenoxy) is 3. The van der Waals surface area contributed by atoms with Crippen molar-refractivity contribution < 1.29 is 22.6 Å². The molecule has 0 saturated heterocycles. The third-order valence-corrected chi connectivity index (χ3v) is 6.23. The lowest BCUT2D eigenvalue weighted by Crippen LogP contribution is -2.35. The van der Waals surface area contributed by atoms with Gasteiger partial charge in [0.2, 0.25) is 16.8 Å². The molecule has 0 unspecified atom stereocenters. The second kappa shape index (κ2) is 5.68. The Morgan fingerprint density at radius 1 is 1.04 bits per heavy atom. The molecule has 2 aliphatic heterocycles. The minimum absolute atomic E-state index is 0.214. The number of sulfonamides is 1. The molecule has 2 heterocycles. The van der Waals surface area contributed by atoms with Gasteiger partial charge in [-0.1, -0.05) is 0 Å². The van der Waals surface area contributed by atoms with Gasteiger partial charge in [-0.2, -0.15) is 4.31 Å². The van der Waals surface area contributed by atoms with E-state index in [2.05, 4.69) is 0 Å². The molecule has 0 aromatic heterocycles. The standard InChI is InChI=1S/C17H17NO5S/c1-21-14-2-4-15(5-3-14)24(19,20)18-7-6-12-8-16-17(23-11-22-16)9-13(12)10-18/h2-5,8-9H,6-7,10-11H2,1H3. The zero-order chi connectivity index (χ0) is 16.7. The second-order valence-corrected chi connectivity index (χ2v) is 7.68. The fraction of sp³-hybridized carbons (Fsp3) is 0.294. The normalized spacial score (nSPS) is 16.7. The number of fused-ring (bicyclic) bond motifs is 2. The smallest absolute Gasteiger partial charge is 0.243 e. The van der Waals surface area contributed by atoms with Crippen LogP contribution >= 0.6 is 0 Å². The van der Waals surface area contributed by atoms with Crippen molar-refractivity contribution in [3.8, 4) is 17.2 Å². The first-order valence-corrected chi connectivity index (χ1v) is 9.07. The Morgan fingerprint density at radius 3 is 2.38 bits per heavy atom. The molecule has 0 saturated carbocycles. The minimum atomic E-state index is -3.54. The van der Waals surface area contributed by atoms with Crippen molar-refractivity contribution >= 4 is 10.0 Å². The van der Waals surface area contributed by atoms with Crippen LogP contribution in [0.25, 0.3) is 0 Å². The highest BCUT2D eigenvalue weighted by Gasteiger charge is 2.30. The predicted molar refractivity (Wildman–Crippen MR) is 86.9 cm³/mol. The second-order valence-electron chi connectivity index (χ2n) is 5.74. The molecule has 126 valence electrons. The van der Waals surface area contributed by atoms with Crippen LogP contribution in [-0.2, 0) is 23.0 Å². The first-order chi connectivity index (χ1) is 11.6. The minimum Gasteiger partial charge on any atom is -0.497 e. The maximum absolute atomic E-state index is 12.9. The van der Waals surface area contributed by atoms with Gasteiger partial charge in [-0.3, -0.25) is 0 Å². The number of methoxy groups -OCH3 is 1. The van der Waals surface area contributed by atoms with Gasteiger partial charge in [0.25, 0.3) is 0 Å². The molecule has 2 aromatic rings. The van der Waals surface area contributed by atoms with Crippen LogP contribution in [0, 0.1) is 0 Å². The lowest BCUT2D eigenvalue weighted by molar-refractivity contribution is 0.174. The summed E-state index contributed by atoms with van der Waals surface area (Å²) in [6.45, 7) is 0.993. The fourth-order valence-electron chi connectivity index (χ4n) is 3.02. The molecule has 7 heteroatoms. The lowest BCUT2D eigenvalue weighted by Gasteiger charge is -2.28. The molecule has 0 amide bonds. The van der Waals surface area contributed by atoms with E-state index in [1.54, 1.807) is 31.4 Å². The molecule has 2 aromatic carbocycles. The van der Waals surface area contributed by atoms with E-state index in [0.717, 1.165) is 16.9 Å². The third kappa shape index (κ3) is 2.50. The zero-order valence-corrected chi connectivity index (χ0v) is 14.0. The maximum Gasteiger partial charge on any atom is 0.243 e. The van der Waals surface area contributed by atoms with Crippen molar-refractivity contribution in [3.63, 3.8) is 0 Å². The summed E-state index contributed by atoms with van der Waals surface area (Å²) in [4.78, 5) is 0.271. The van der Waals surface area contributed by atoms with E-state index in [1.807, 2.05) is 12.1 Å². The molecule has 6 nitrogen and oxygen atoms in total. The van der Waals surface area contributed by atoms with Gasteiger partial charge in [0.05, 0.1) is 12.0 Å². The van der Waals surface area contributed by atoms with E-state index < -0.39 is 10.0 Å². The highest BCUT2D eigenvalue weighted by molar-refractivity contribution is 7.89. The molecule has 0 atom stereocenters. The maximum atomic E-state index is 12.9. The molecular weight excluding hydrogens is 330 g/mol. The van der Waals surface area contributed by atoms with E-state index in [0.29, 0.717) is 31.0 Å². The molecule has 4 rings (SSSR count). The van der Waals surface area contributed by atoms with Crippen molar-refractivity contribution in [1.82, 2.24) is 4.31 Å². The van der Waals surface area contributed by atoms with Crippen LogP contribution in [0.15, 0.2) is 41.3 Å². The number of hydrogen-bond donors (Lipinski definition) is 0. The van der Waals surface area contributed by atoms with E-state index in [9.17, 15) is 8.42 Å². The van der Waals surface area contributed by atoms with Crippen LogP contribution < -0.4 is 14.2 Å². The summed E-state index contributed by atoms with van der Waals surface area (Å²) in [5.74, 6) is 2.04. The summed E-state index contributed by atoms with van der Waals surface area (Å²) in [6, 6.07) is 10.3. The average Bonchev–Trinajstić information content (AvgIpc) is 3.06. The van der Waals surface area contributed by atoms with Crippen molar-refractivity contribution in [1.29, 1.82) is 0 Å². The van der Waals surface area contributed by atoms with Crippen molar-refractivity contribution in [2.24, 2.45) is 0 Å². The van der Waals surface area contributed by atoms with Gasteiger partial charge in [0, 0.05) is 13.1 Å². The molecule has 0 N–H and O–H groups in total. The summed E-state index contributed by atoms with van der Waals surface area (Å²) in [5, 5.41) is 0. The van der Waals surface area contributed by atoms with Crippen molar-refractivity contribution in [2.75, 3.05) is 20.4 Å². The van der Waals surface area contributed by atoms with Crippen LogP contribution in [0.4, 0.5) is 0 Å². The SMILES string of the molecule is COc1ccc(S(=O)(=O)N2CCc3cc4c(cc3C2)OCO4)cc1. The fourth-order valence-corrected chi connectivity index (χ4v) is 4.44. The van der Waals surface area contributed by atoms with Gasteiger partial charge in [-0.15, -0.1) is 0 Å². The molecule has 0 bridgehead atoms. The van der Waals surface area contributed by atoms with E-state index >= 15 is 0 Å². The highest BCUT2D eigenvalue weighted by atomic mass is 32.2. The largest absolute Gasteiger partial charge is 0.497 e. The Labute approximate surface area is 140 Å². The average molecular weight is 347 g/mol. The van der Waals surface area contributed by atoms with Crippen LogP contribution in [0.3, 0.4) is 0 Å². The molecule has 2 aliphatic rings. The summed E-state index contributed by atoms with van der Waals surface area (Å²) in [5.41, 5.74) is 2.07. The summed E-state index contributed by atoms with van der Waals surface area (Å²) < 4.78 is 43.1. The van der Waals surface area contributed by atoms with E-state index in [1.165, 1.54) is 4.31 Å². The topological polar surface area (TPSA) is 65.1 Å². The quantitative estimate of drug-likeness (QED) is 0.851. The Bertz CT molecular complexity index is 877. The van der Waals surface area contributed by atoms with Crippen LogP contribution in [0.5, 0.6) is 17.2 Å². The van der Waals surface area contributed by atoms with Gasteiger partial charge in [0.15, 0.2) is 11.5 Å². The number of rotatable bonds is 3. The number of hydrogen-bond acceptors (Lipinski definition) is 5. The van der Waals surface area contributed by atoms with E-state index in [4.69, 9.17) is 14.2 Å². The molecule has 0 radical (unpaired) electrons. The Morgan fingerprint density at radius 2 is 1.71 bits per heavy atom. The Balaban J connectivity index is 1.63. The monoisotopic (exact) mass is 347 g/mol.